The number of benzene rings is 1. The van der Waals surface area contributed by atoms with Gasteiger partial charge in [0, 0.05) is 17.7 Å². The molecule has 0 saturated heterocycles. The van der Waals surface area contributed by atoms with E-state index in [0.717, 1.165) is 43.6 Å². The summed E-state index contributed by atoms with van der Waals surface area (Å²) in [5.41, 5.74) is 2.71. The standard InChI is InChI=1S/C12H14F2O.C12H14FN.C5H12/c1-8(12(3,13)14)10-4-6-11(7-5-10)9(2)15;1-9-4-6-10(7-5-9)12-11(13)3-2-8-14-12;1-4-5(2)3/h4-8H,1-3H3;2-3,6,8-9H,4-5,7H2,1H3;5H,4H2,1-3H3. The number of nitrogens with zero attached hydrogens (tertiary/aromatic N) is 1. The van der Waals surface area contributed by atoms with Gasteiger partial charge in [-0.25, -0.2) is 13.2 Å². The van der Waals surface area contributed by atoms with Gasteiger partial charge >= 0.3 is 0 Å². The third-order valence-electron chi connectivity index (χ3n) is 6.13. The summed E-state index contributed by atoms with van der Waals surface area (Å²) in [7, 11) is 0. The van der Waals surface area contributed by atoms with Gasteiger partial charge in [-0.1, -0.05) is 71.4 Å². The highest BCUT2D eigenvalue weighted by molar-refractivity contribution is 5.94. The third kappa shape index (κ3) is 10.2. The molecule has 0 aliphatic heterocycles. The van der Waals surface area contributed by atoms with Gasteiger partial charge in [-0.05, 0) is 68.2 Å². The molecule has 2 aromatic rings. The molecule has 34 heavy (non-hydrogen) atoms. The van der Waals surface area contributed by atoms with Crippen molar-refractivity contribution in [1.82, 2.24) is 4.98 Å². The number of rotatable bonds is 5. The van der Waals surface area contributed by atoms with Crippen LogP contribution in [0.15, 0.2) is 48.7 Å². The first-order valence-electron chi connectivity index (χ1n) is 12.1. The average Bonchev–Trinajstić information content (AvgIpc) is 2.80. The number of carbonyl (C=O) groups is 1. The molecule has 188 valence electrons. The zero-order valence-electron chi connectivity index (χ0n) is 21.7. The first kappa shape index (κ1) is 29.6. The minimum absolute atomic E-state index is 0.0579. The molecule has 1 aliphatic carbocycles. The highest BCUT2D eigenvalue weighted by Gasteiger charge is 2.31. The van der Waals surface area contributed by atoms with E-state index in [0.29, 0.717) is 16.8 Å². The summed E-state index contributed by atoms with van der Waals surface area (Å²) >= 11 is 0. The van der Waals surface area contributed by atoms with Crippen molar-refractivity contribution in [3.8, 4) is 0 Å². The minimum Gasteiger partial charge on any atom is -0.295 e. The molecule has 0 saturated carbocycles. The van der Waals surface area contributed by atoms with Gasteiger partial charge in [0.15, 0.2) is 5.78 Å². The molecule has 2 unspecified atom stereocenters. The molecular formula is C29H40F3NO. The van der Waals surface area contributed by atoms with Gasteiger partial charge in [-0.3, -0.25) is 9.78 Å². The zero-order valence-corrected chi connectivity index (χ0v) is 21.7. The summed E-state index contributed by atoms with van der Waals surface area (Å²) in [6.45, 7) is 12.7. The maximum Gasteiger partial charge on any atom is 0.251 e. The van der Waals surface area contributed by atoms with Gasteiger partial charge < -0.3 is 0 Å². The second kappa shape index (κ2) is 14.1. The summed E-state index contributed by atoms with van der Waals surface area (Å²) < 4.78 is 39.4. The van der Waals surface area contributed by atoms with E-state index in [1.54, 1.807) is 36.5 Å². The van der Waals surface area contributed by atoms with Crippen LogP contribution in [-0.4, -0.2) is 16.7 Å². The molecule has 2 nitrogen and oxygen atoms in total. The van der Waals surface area contributed by atoms with E-state index in [4.69, 9.17) is 0 Å². The van der Waals surface area contributed by atoms with E-state index in [2.05, 4.69) is 38.8 Å². The Morgan fingerprint density at radius 1 is 1.15 bits per heavy atom. The molecule has 5 heteroatoms. The molecular weight excluding hydrogens is 435 g/mol. The highest BCUT2D eigenvalue weighted by Crippen LogP contribution is 2.32. The molecule has 1 heterocycles. The van der Waals surface area contributed by atoms with Crippen LogP contribution in [-0.2, 0) is 0 Å². The van der Waals surface area contributed by atoms with Gasteiger partial charge in [0.25, 0.3) is 5.92 Å². The van der Waals surface area contributed by atoms with Crippen molar-refractivity contribution in [2.45, 2.75) is 86.0 Å². The van der Waals surface area contributed by atoms with Crippen LogP contribution < -0.4 is 0 Å². The minimum atomic E-state index is -2.74. The Labute approximate surface area is 203 Å². The van der Waals surface area contributed by atoms with Crippen LogP contribution in [0.4, 0.5) is 13.2 Å². The van der Waals surface area contributed by atoms with Gasteiger partial charge in [0.1, 0.15) is 11.5 Å². The molecule has 2 atom stereocenters. The van der Waals surface area contributed by atoms with E-state index in [9.17, 15) is 18.0 Å². The summed E-state index contributed by atoms with van der Waals surface area (Å²) in [5, 5.41) is 0. The largest absolute Gasteiger partial charge is 0.295 e. The first-order chi connectivity index (χ1) is 15.9. The van der Waals surface area contributed by atoms with E-state index in [1.807, 2.05) is 0 Å². The van der Waals surface area contributed by atoms with E-state index in [-0.39, 0.29) is 11.6 Å². The van der Waals surface area contributed by atoms with E-state index in [1.165, 1.54) is 26.3 Å². The smallest absolute Gasteiger partial charge is 0.251 e. The maximum absolute atomic E-state index is 13.4. The Morgan fingerprint density at radius 2 is 1.74 bits per heavy atom. The molecule has 0 fully saturated rings. The lowest BCUT2D eigenvalue weighted by molar-refractivity contribution is -0.00222. The Morgan fingerprint density at radius 3 is 2.15 bits per heavy atom. The fourth-order valence-electron chi connectivity index (χ4n) is 3.10. The second-order valence-electron chi connectivity index (χ2n) is 9.60. The summed E-state index contributed by atoms with van der Waals surface area (Å²) in [6, 6.07) is 9.43. The highest BCUT2D eigenvalue weighted by atomic mass is 19.3. The molecule has 1 aromatic heterocycles. The number of aromatic nitrogens is 1. The lowest BCUT2D eigenvalue weighted by Gasteiger charge is -2.19. The van der Waals surface area contributed by atoms with Crippen molar-refractivity contribution < 1.29 is 18.0 Å². The fourth-order valence-corrected chi connectivity index (χ4v) is 3.10. The van der Waals surface area contributed by atoms with Gasteiger partial charge in [-0.2, -0.15) is 0 Å². The molecule has 0 spiro atoms. The second-order valence-corrected chi connectivity index (χ2v) is 9.60. The van der Waals surface area contributed by atoms with Crippen molar-refractivity contribution in [3.63, 3.8) is 0 Å². The lowest BCUT2D eigenvalue weighted by Crippen LogP contribution is -2.19. The Bertz CT molecular complexity index is 914. The monoisotopic (exact) mass is 475 g/mol. The van der Waals surface area contributed by atoms with Crippen molar-refractivity contribution in [3.05, 3.63) is 71.3 Å². The average molecular weight is 476 g/mol. The van der Waals surface area contributed by atoms with Gasteiger partial charge in [-0.15, -0.1) is 0 Å². The van der Waals surface area contributed by atoms with Crippen LogP contribution >= 0.6 is 0 Å². The number of pyridine rings is 1. The number of halogens is 3. The molecule has 1 aromatic carbocycles. The molecule has 1 aliphatic rings. The van der Waals surface area contributed by atoms with Gasteiger partial charge in [0.05, 0.1) is 0 Å². The normalized spacial score (nSPS) is 16.4. The predicted molar refractivity (Wildman–Crippen MR) is 136 cm³/mol. The number of carbonyl (C=O) groups excluding carboxylic acids is 1. The first-order valence-corrected chi connectivity index (χ1v) is 12.1. The van der Waals surface area contributed by atoms with E-state index >= 15 is 0 Å². The summed E-state index contributed by atoms with van der Waals surface area (Å²) in [5.74, 6) is -2.22. The topological polar surface area (TPSA) is 30.0 Å². The van der Waals surface area contributed by atoms with Crippen molar-refractivity contribution >= 4 is 11.4 Å². The Balaban J connectivity index is 0.000000285. The third-order valence-corrected chi connectivity index (χ3v) is 6.13. The van der Waals surface area contributed by atoms with Crippen LogP contribution in [0.5, 0.6) is 0 Å². The predicted octanol–water partition coefficient (Wildman–Crippen LogP) is 9.12. The SMILES string of the molecule is CC(=O)c1ccc(C(C)C(C)(F)F)cc1.CC1CC=C(c2ncccc2F)CC1.CCC(C)C. The summed E-state index contributed by atoms with van der Waals surface area (Å²) in [6.07, 6.45) is 8.22. The number of ketones is 1. The van der Waals surface area contributed by atoms with Crippen molar-refractivity contribution in [1.29, 1.82) is 0 Å². The van der Waals surface area contributed by atoms with Gasteiger partial charge in [0.2, 0.25) is 0 Å². The van der Waals surface area contributed by atoms with Crippen molar-refractivity contribution in [2.24, 2.45) is 11.8 Å². The van der Waals surface area contributed by atoms with Crippen LogP contribution in [0.1, 0.15) is 102 Å². The Kier molecular flexibility index (Phi) is 12.3. The molecule has 0 radical (unpaired) electrons. The summed E-state index contributed by atoms with van der Waals surface area (Å²) in [4.78, 5) is 15.1. The lowest BCUT2D eigenvalue weighted by atomic mass is 9.89. The molecule has 0 bridgehead atoms. The van der Waals surface area contributed by atoms with Crippen LogP contribution in [0.2, 0.25) is 0 Å². The number of hydrogen-bond acceptors (Lipinski definition) is 2. The number of alkyl halides is 2. The quantitative estimate of drug-likeness (QED) is 0.404. The number of Topliss-reactive ketones (excluding diaryl/α,β-unsaturated/α-hetero) is 1. The van der Waals surface area contributed by atoms with Crippen LogP contribution in [0.25, 0.3) is 5.57 Å². The molecule has 0 N–H and O–H groups in total. The van der Waals surface area contributed by atoms with E-state index < -0.39 is 11.8 Å². The number of allylic oxidation sites excluding steroid dienone is 2. The zero-order chi connectivity index (χ0) is 25.9. The maximum atomic E-state index is 13.4. The van der Waals surface area contributed by atoms with Crippen molar-refractivity contribution in [2.75, 3.05) is 0 Å². The number of hydrogen-bond donors (Lipinski definition) is 0. The fraction of sp³-hybridized carbons (Fsp3) is 0.517. The molecule has 0 amide bonds. The Hall–Kier alpha value is -2.43. The van der Waals surface area contributed by atoms with Crippen LogP contribution in [0, 0.1) is 17.7 Å². The van der Waals surface area contributed by atoms with Crippen LogP contribution in [0.3, 0.4) is 0 Å². The molecule has 3 rings (SSSR count).